The Kier molecular flexibility index (Phi) is 5.85. The molecule has 100 valence electrons. The second kappa shape index (κ2) is 7.67. The summed E-state index contributed by atoms with van der Waals surface area (Å²) < 4.78 is 5.28. The molecular formula is C10H16N4O2S2. The van der Waals surface area contributed by atoms with Gasteiger partial charge in [-0.05, 0) is 0 Å². The molecule has 1 N–H and O–H groups in total. The molecule has 1 aliphatic heterocycles. The van der Waals surface area contributed by atoms with Crippen molar-refractivity contribution in [2.24, 2.45) is 0 Å². The number of aromatic nitrogens is 2. The number of carbonyl (C=O) groups is 1. The Morgan fingerprint density at radius 2 is 2.39 bits per heavy atom. The predicted octanol–water partition coefficient (Wildman–Crippen LogP) is 0.542. The summed E-state index contributed by atoms with van der Waals surface area (Å²) in [5.41, 5.74) is 1.60. The molecule has 0 radical (unpaired) electrons. The van der Waals surface area contributed by atoms with Crippen LogP contribution in [0.5, 0.6) is 0 Å². The number of ether oxygens (including phenoxy) is 1. The second-order valence-electron chi connectivity index (χ2n) is 3.80. The number of hydrogen-bond donors (Lipinski definition) is 1. The molecule has 0 aliphatic carbocycles. The number of amides is 1. The van der Waals surface area contributed by atoms with Gasteiger partial charge in [0.05, 0.1) is 19.0 Å². The van der Waals surface area contributed by atoms with Gasteiger partial charge in [0.25, 0.3) is 0 Å². The maximum absolute atomic E-state index is 11.5. The summed E-state index contributed by atoms with van der Waals surface area (Å²) in [6.07, 6.45) is 0. The number of hydrogen-bond acceptors (Lipinski definition) is 7. The summed E-state index contributed by atoms with van der Waals surface area (Å²) in [6, 6.07) is 0. The van der Waals surface area contributed by atoms with E-state index in [0.717, 1.165) is 38.6 Å². The molecule has 0 spiro atoms. The van der Waals surface area contributed by atoms with Crippen LogP contribution in [0.15, 0.2) is 5.51 Å². The van der Waals surface area contributed by atoms with Crippen molar-refractivity contribution in [1.29, 1.82) is 0 Å². The molecule has 1 saturated heterocycles. The Labute approximate surface area is 114 Å². The molecule has 18 heavy (non-hydrogen) atoms. The van der Waals surface area contributed by atoms with Gasteiger partial charge in [-0.1, -0.05) is 11.3 Å². The number of carbonyl (C=O) groups excluding carboxylic acids is 1. The standard InChI is InChI=1S/C10H16N4O2S2/c15-9(12-10-13-11-8-18-10)7-17-6-3-14-1-4-16-5-2-14/h8H,1-7H2,(H,12,13,15). The number of anilines is 1. The van der Waals surface area contributed by atoms with Gasteiger partial charge in [-0.25, -0.2) is 0 Å². The second-order valence-corrected chi connectivity index (χ2v) is 5.74. The van der Waals surface area contributed by atoms with Gasteiger partial charge >= 0.3 is 0 Å². The Morgan fingerprint density at radius 1 is 1.56 bits per heavy atom. The third kappa shape index (κ3) is 4.89. The Hall–Kier alpha value is -0.700. The molecular weight excluding hydrogens is 272 g/mol. The van der Waals surface area contributed by atoms with Crippen LogP contribution in [0.2, 0.25) is 0 Å². The highest BCUT2D eigenvalue weighted by Gasteiger charge is 2.10. The lowest BCUT2D eigenvalue weighted by atomic mass is 10.4. The van der Waals surface area contributed by atoms with Crippen molar-refractivity contribution in [2.45, 2.75) is 0 Å². The first-order chi connectivity index (χ1) is 8.84. The third-order valence-electron chi connectivity index (χ3n) is 2.50. The highest BCUT2D eigenvalue weighted by molar-refractivity contribution is 7.99. The highest BCUT2D eigenvalue weighted by Crippen LogP contribution is 2.09. The Balaban J connectivity index is 1.53. The molecule has 8 heteroatoms. The van der Waals surface area contributed by atoms with Crippen molar-refractivity contribution in [3.8, 4) is 0 Å². The van der Waals surface area contributed by atoms with Crippen LogP contribution < -0.4 is 5.32 Å². The minimum absolute atomic E-state index is 0.0151. The smallest absolute Gasteiger partial charge is 0.236 e. The molecule has 0 atom stereocenters. The van der Waals surface area contributed by atoms with E-state index in [1.165, 1.54) is 11.3 Å². The zero-order valence-corrected chi connectivity index (χ0v) is 11.6. The van der Waals surface area contributed by atoms with Crippen molar-refractivity contribution < 1.29 is 9.53 Å². The van der Waals surface area contributed by atoms with Crippen LogP contribution >= 0.6 is 23.1 Å². The molecule has 2 heterocycles. The number of thioether (sulfide) groups is 1. The van der Waals surface area contributed by atoms with E-state index < -0.39 is 0 Å². The quantitative estimate of drug-likeness (QED) is 0.771. The number of nitrogens with zero attached hydrogens (tertiary/aromatic N) is 3. The molecule has 1 amide bonds. The summed E-state index contributed by atoms with van der Waals surface area (Å²) >= 11 is 2.97. The first-order valence-corrected chi connectivity index (χ1v) is 7.82. The van der Waals surface area contributed by atoms with E-state index in [1.807, 2.05) is 0 Å². The molecule has 2 rings (SSSR count). The number of rotatable bonds is 6. The predicted molar refractivity (Wildman–Crippen MR) is 73.1 cm³/mol. The molecule has 1 aliphatic rings. The van der Waals surface area contributed by atoms with E-state index in [0.29, 0.717) is 10.9 Å². The van der Waals surface area contributed by atoms with Crippen molar-refractivity contribution in [3.05, 3.63) is 5.51 Å². The lowest BCUT2D eigenvalue weighted by Crippen LogP contribution is -2.37. The minimum atomic E-state index is -0.0151. The maximum Gasteiger partial charge on any atom is 0.236 e. The highest BCUT2D eigenvalue weighted by atomic mass is 32.2. The topological polar surface area (TPSA) is 67.3 Å². The van der Waals surface area contributed by atoms with Gasteiger partial charge in [0, 0.05) is 25.4 Å². The molecule has 0 saturated carbocycles. The fraction of sp³-hybridized carbons (Fsp3) is 0.700. The number of nitrogens with one attached hydrogen (secondary N) is 1. The molecule has 0 unspecified atom stereocenters. The lowest BCUT2D eigenvalue weighted by molar-refractivity contribution is -0.113. The Bertz CT molecular complexity index is 355. The zero-order chi connectivity index (χ0) is 12.6. The van der Waals surface area contributed by atoms with Gasteiger partial charge in [0.15, 0.2) is 0 Å². The average molecular weight is 288 g/mol. The van der Waals surface area contributed by atoms with Gasteiger partial charge < -0.3 is 4.74 Å². The summed E-state index contributed by atoms with van der Waals surface area (Å²) in [4.78, 5) is 13.9. The maximum atomic E-state index is 11.5. The van der Waals surface area contributed by atoms with E-state index >= 15 is 0 Å². The minimum Gasteiger partial charge on any atom is -0.379 e. The van der Waals surface area contributed by atoms with Crippen LogP contribution in [-0.4, -0.2) is 65.4 Å². The fourth-order valence-electron chi connectivity index (χ4n) is 1.57. The summed E-state index contributed by atoms with van der Waals surface area (Å²) in [6.45, 7) is 4.65. The third-order valence-corrected chi connectivity index (χ3v) is 4.04. The summed E-state index contributed by atoms with van der Waals surface area (Å²) in [5.74, 6) is 1.41. The molecule has 0 aromatic carbocycles. The van der Waals surface area contributed by atoms with Crippen LogP contribution in [0.3, 0.4) is 0 Å². The van der Waals surface area contributed by atoms with Gasteiger partial charge in [0.2, 0.25) is 11.0 Å². The first kappa shape index (κ1) is 13.7. The Morgan fingerprint density at radius 3 is 3.11 bits per heavy atom. The van der Waals surface area contributed by atoms with Crippen LogP contribution in [0.25, 0.3) is 0 Å². The molecule has 1 aromatic rings. The SMILES string of the molecule is O=C(CSCCN1CCOCC1)Nc1nncs1. The van der Waals surface area contributed by atoms with E-state index in [1.54, 1.807) is 17.3 Å². The largest absolute Gasteiger partial charge is 0.379 e. The van der Waals surface area contributed by atoms with E-state index in [-0.39, 0.29) is 5.91 Å². The van der Waals surface area contributed by atoms with Crippen LogP contribution in [0.4, 0.5) is 5.13 Å². The zero-order valence-electron chi connectivity index (χ0n) is 10.0. The number of morpholine rings is 1. The van der Waals surface area contributed by atoms with E-state index in [4.69, 9.17) is 4.74 Å². The van der Waals surface area contributed by atoms with Crippen LogP contribution in [0, 0.1) is 0 Å². The molecule has 6 nitrogen and oxygen atoms in total. The monoisotopic (exact) mass is 288 g/mol. The van der Waals surface area contributed by atoms with Crippen LogP contribution in [0.1, 0.15) is 0 Å². The molecule has 1 aromatic heterocycles. The van der Waals surface area contributed by atoms with Crippen LogP contribution in [-0.2, 0) is 9.53 Å². The van der Waals surface area contributed by atoms with Crippen molar-refractivity contribution in [3.63, 3.8) is 0 Å². The van der Waals surface area contributed by atoms with Gasteiger partial charge in [-0.3, -0.25) is 15.0 Å². The van der Waals surface area contributed by atoms with Crippen molar-refractivity contribution >= 4 is 34.1 Å². The first-order valence-electron chi connectivity index (χ1n) is 5.78. The summed E-state index contributed by atoms with van der Waals surface area (Å²) in [7, 11) is 0. The van der Waals surface area contributed by atoms with Gasteiger partial charge in [-0.15, -0.1) is 10.2 Å². The van der Waals surface area contributed by atoms with Crippen molar-refractivity contribution in [2.75, 3.05) is 49.7 Å². The lowest BCUT2D eigenvalue weighted by Gasteiger charge is -2.26. The molecule has 1 fully saturated rings. The fourth-order valence-corrected chi connectivity index (χ4v) is 2.82. The average Bonchev–Trinajstić information content (AvgIpc) is 2.89. The van der Waals surface area contributed by atoms with Gasteiger partial charge in [0.1, 0.15) is 5.51 Å². The van der Waals surface area contributed by atoms with Gasteiger partial charge in [-0.2, -0.15) is 11.8 Å². The van der Waals surface area contributed by atoms with Crippen molar-refractivity contribution in [1.82, 2.24) is 15.1 Å². The summed E-state index contributed by atoms with van der Waals surface area (Å²) in [5, 5.41) is 10.7. The molecule has 0 bridgehead atoms. The van der Waals surface area contributed by atoms with E-state index in [2.05, 4.69) is 20.4 Å². The van der Waals surface area contributed by atoms with E-state index in [9.17, 15) is 4.79 Å². The normalized spacial score (nSPS) is 16.7.